The standard InChI is InChI=1S/C23H22N6O3S/c1-29-13-16(27-14-29)12-26-23(31)32-17-5-6-18-19(10-24)22(33-20(18)9-17)28-21(30)7-4-15-3-2-8-25-11-15/h2-4,7-8,11,13-14,17H,5-6,9,12H2,1H3,(H,26,31)(H,28,30)/b7-4+. The fourth-order valence-corrected chi connectivity index (χ4v) is 4.84. The third kappa shape index (κ3) is 5.64. The first-order valence-electron chi connectivity index (χ1n) is 10.4. The number of fused-ring (bicyclic) bond motifs is 1. The molecule has 1 atom stereocenters. The third-order valence-electron chi connectivity index (χ3n) is 5.13. The normalized spacial score (nSPS) is 15.0. The SMILES string of the molecule is Cn1cnc(CNC(=O)OC2CCc3c(sc(NC(=O)/C=C/c4cccnc4)c3C#N)C2)c1. The Labute approximate surface area is 194 Å². The zero-order valence-corrected chi connectivity index (χ0v) is 18.8. The molecule has 0 saturated carbocycles. The van der Waals surface area contributed by atoms with E-state index >= 15 is 0 Å². The Morgan fingerprint density at radius 3 is 3.06 bits per heavy atom. The number of nitriles is 1. The van der Waals surface area contributed by atoms with Crippen molar-refractivity contribution in [3.05, 3.63) is 70.4 Å². The van der Waals surface area contributed by atoms with Gasteiger partial charge in [-0.25, -0.2) is 9.78 Å². The van der Waals surface area contributed by atoms with Gasteiger partial charge in [0.15, 0.2) is 0 Å². The Bertz CT molecular complexity index is 1220. The average Bonchev–Trinajstić information content (AvgIpc) is 3.38. The van der Waals surface area contributed by atoms with Crippen LogP contribution in [0.2, 0.25) is 0 Å². The number of alkyl carbamates (subject to hydrolysis) is 1. The van der Waals surface area contributed by atoms with Gasteiger partial charge in [-0.15, -0.1) is 11.3 Å². The maximum Gasteiger partial charge on any atom is 0.407 e. The number of aromatic nitrogens is 3. The Balaban J connectivity index is 1.36. The first-order chi connectivity index (χ1) is 16.0. The molecule has 0 bridgehead atoms. The number of anilines is 1. The minimum atomic E-state index is -0.500. The van der Waals surface area contributed by atoms with E-state index in [1.54, 1.807) is 35.4 Å². The molecule has 1 aliphatic carbocycles. The summed E-state index contributed by atoms with van der Waals surface area (Å²) >= 11 is 1.36. The van der Waals surface area contributed by atoms with E-state index in [9.17, 15) is 14.9 Å². The van der Waals surface area contributed by atoms with Crippen LogP contribution < -0.4 is 10.6 Å². The molecule has 3 aromatic heterocycles. The minimum Gasteiger partial charge on any atom is -0.446 e. The Morgan fingerprint density at radius 2 is 2.33 bits per heavy atom. The van der Waals surface area contributed by atoms with Crippen molar-refractivity contribution in [2.75, 3.05) is 5.32 Å². The van der Waals surface area contributed by atoms with E-state index in [1.165, 1.54) is 17.4 Å². The number of amides is 2. The molecule has 9 nitrogen and oxygen atoms in total. The van der Waals surface area contributed by atoms with Crippen molar-refractivity contribution < 1.29 is 14.3 Å². The number of nitrogens with zero attached hydrogens (tertiary/aromatic N) is 4. The van der Waals surface area contributed by atoms with Crippen molar-refractivity contribution in [3.63, 3.8) is 0 Å². The summed E-state index contributed by atoms with van der Waals surface area (Å²) in [5.74, 6) is -0.323. The van der Waals surface area contributed by atoms with E-state index in [0.29, 0.717) is 29.8 Å². The van der Waals surface area contributed by atoms with Crippen molar-refractivity contribution in [2.45, 2.75) is 31.9 Å². The van der Waals surface area contributed by atoms with Gasteiger partial charge in [0.05, 0.1) is 24.1 Å². The number of carbonyl (C=O) groups excluding carboxylic acids is 2. The van der Waals surface area contributed by atoms with Crippen molar-refractivity contribution in [1.29, 1.82) is 5.26 Å². The molecule has 0 aromatic carbocycles. The van der Waals surface area contributed by atoms with E-state index in [1.807, 2.05) is 19.3 Å². The predicted octanol–water partition coefficient (Wildman–Crippen LogP) is 3.18. The van der Waals surface area contributed by atoms with Crippen molar-refractivity contribution in [1.82, 2.24) is 19.9 Å². The van der Waals surface area contributed by atoms with E-state index in [2.05, 4.69) is 26.7 Å². The van der Waals surface area contributed by atoms with Crippen molar-refractivity contribution >= 4 is 34.4 Å². The number of pyridine rings is 1. The minimum absolute atomic E-state index is 0.290. The van der Waals surface area contributed by atoms with Crippen LogP contribution in [-0.4, -0.2) is 32.6 Å². The quantitative estimate of drug-likeness (QED) is 0.543. The van der Waals surface area contributed by atoms with E-state index in [0.717, 1.165) is 21.7 Å². The van der Waals surface area contributed by atoms with E-state index in [4.69, 9.17) is 4.74 Å². The molecule has 0 radical (unpaired) electrons. The number of hydrogen-bond acceptors (Lipinski definition) is 7. The molecular weight excluding hydrogens is 440 g/mol. The number of aryl methyl sites for hydroxylation is 1. The summed E-state index contributed by atoms with van der Waals surface area (Å²) in [6.07, 6.45) is 10.8. The number of hydrogen-bond donors (Lipinski definition) is 2. The number of imidazole rings is 1. The van der Waals surface area contributed by atoms with Gasteiger partial charge in [0.1, 0.15) is 17.2 Å². The molecule has 0 spiro atoms. The molecule has 1 unspecified atom stereocenters. The fourth-order valence-electron chi connectivity index (χ4n) is 3.58. The topological polar surface area (TPSA) is 122 Å². The molecule has 10 heteroatoms. The highest BCUT2D eigenvalue weighted by Crippen LogP contribution is 2.38. The molecule has 3 aromatic rings. The lowest BCUT2D eigenvalue weighted by atomic mass is 9.94. The highest BCUT2D eigenvalue weighted by atomic mass is 32.1. The van der Waals surface area contributed by atoms with Crippen LogP contribution in [-0.2, 0) is 36.0 Å². The molecule has 33 heavy (non-hydrogen) atoms. The summed E-state index contributed by atoms with van der Waals surface area (Å²) < 4.78 is 7.37. The Kier molecular flexibility index (Phi) is 6.80. The van der Waals surface area contributed by atoms with Crippen LogP contribution in [0.25, 0.3) is 6.08 Å². The highest BCUT2D eigenvalue weighted by Gasteiger charge is 2.28. The molecule has 0 fully saturated rings. The van der Waals surface area contributed by atoms with Crippen LogP contribution in [0, 0.1) is 11.3 Å². The largest absolute Gasteiger partial charge is 0.446 e. The zero-order valence-electron chi connectivity index (χ0n) is 17.9. The predicted molar refractivity (Wildman–Crippen MR) is 123 cm³/mol. The molecule has 2 N–H and O–H groups in total. The van der Waals surface area contributed by atoms with Gasteiger partial charge in [0.25, 0.3) is 0 Å². The van der Waals surface area contributed by atoms with E-state index in [-0.39, 0.29) is 18.6 Å². The first-order valence-corrected chi connectivity index (χ1v) is 11.2. The van der Waals surface area contributed by atoms with Crippen LogP contribution >= 0.6 is 11.3 Å². The second kappa shape index (κ2) is 10.1. The second-order valence-electron chi connectivity index (χ2n) is 7.58. The van der Waals surface area contributed by atoms with Crippen LogP contribution in [0.1, 0.15) is 33.7 Å². The number of ether oxygens (including phenoxy) is 1. The molecule has 1 aliphatic rings. The molecule has 2 amide bonds. The lowest BCUT2D eigenvalue weighted by molar-refractivity contribution is -0.111. The van der Waals surface area contributed by atoms with Gasteiger partial charge in [-0.1, -0.05) is 6.07 Å². The number of nitrogens with one attached hydrogen (secondary N) is 2. The highest BCUT2D eigenvalue weighted by molar-refractivity contribution is 7.16. The fraction of sp³-hybridized carbons (Fsp3) is 0.261. The zero-order chi connectivity index (χ0) is 23.2. The molecule has 0 aliphatic heterocycles. The van der Waals surface area contributed by atoms with Gasteiger partial charge < -0.3 is 19.9 Å². The lowest BCUT2D eigenvalue weighted by Gasteiger charge is -2.22. The lowest BCUT2D eigenvalue weighted by Crippen LogP contribution is -2.31. The summed E-state index contributed by atoms with van der Waals surface area (Å²) in [4.78, 5) is 33.7. The Morgan fingerprint density at radius 1 is 1.45 bits per heavy atom. The summed E-state index contributed by atoms with van der Waals surface area (Å²) in [6, 6.07) is 5.84. The summed E-state index contributed by atoms with van der Waals surface area (Å²) in [5, 5.41) is 15.7. The average molecular weight is 463 g/mol. The van der Waals surface area contributed by atoms with Crippen molar-refractivity contribution in [3.8, 4) is 6.07 Å². The first kappa shape index (κ1) is 22.2. The number of rotatable bonds is 6. The third-order valence-corrected chi connectivity index (χ3v) is 6.30. The van der Waals surface area contributed by atoms with Gasteiger partial charge in [-0.05, 0) is 36.1 Å². The summed E-state index contributed by atoms with van der Waals surface area (Å²) in [5.41, 5.74) is 2.95. The smallest absolute Gasteiger partial charge is 0.407 e. The maximum atomic E-state index is 12.4. The molecule has 168 valence electrons. The monoisotopic (exact) mass is 462 g/mol. The van der Waals surface area contributed by atoms with Crippen LogP contribution in [0.15, 0.2) is 43.1 Å². The van der Waals surface area contributed by atoms with Crippen molar-refractivity contribution in [2.24, 2.45) is 7.05 Å². The van der Waals surface area contributed by atoms with Gasteiger partial charge in [-0.2, -0.15) is 5.26 Å². The summed E-state index contributed by atoms with van der Waals surface area (Å²) in [6.45, 7) is 0.290. The van der Waals surface area contributed by atoms with Gasteiger partial charge >= 0.3 is 6.09 Å². The number of carbonyl (C=O) groups is 2. The maximum absolute atomic E-state index is 12.4. The van der Waals surface area contributed by atoms with Crippen LogP contribution in [0.3, 0.4) is 0 Å². The number of thiophene rings is 1. The molecule has 3 heterocycles. The van der Waals surface area contributed by atoms with Gasteiger partial charge in [0, 0.05) is 43.0 Å². The van der Waals surface area contributed by atoms with Crippen LogP contribution in [0.4, 0.5) is 9.80 Å². The molecule has 0 saturated heterocycles. The van der Waals surface area contributed by atoms with Gasteiger partial charge in [0.2, 0.25) is 5.91 Å². The summed E-state index contributed by atoms with van der Waals surface area (Å²) in [7, 11) is 1.86. The second-order valence-corrected chi connectivity index (χ2v) is 8.69. The van der Waals surface area contributed by atoms with E-state index < -0.39 is 6.09 Å². The Hall–Kier alpha value is -3.97. The molecular formula is C23H22N6O3S. The molecule has 4 rings (SSSR count). The van der Waals surface area contributed by atoms with Crippen LogP contribution in [0.5, 0.6) is 0 Å². The van der Waals surface area contributed by atoms with Gasteiger partial charge in [-0.3, -0.25) is 9.78 Å².